The zero-order valence-electron chi connectivity index (χ0n) is 15.1. The first-order chi connectivity index (χ1) is 13.9. The molecule has 29 heavy (non-hydrogen) atoms. The lowest BCUT2D eigenvalue weighted by molar-refractivity contribution is -0.387. The molecule has 1 N–H and O–H groups in total. The molecule has 0 unspecified atom stereocenters. The van der Waals surface area contributed by atoms with Crippen molar-refractivity contribution in [1.29, 1.82) is 0 Å². The molecule has 0 aliphatic rings. The van der Waals surface area contributed by atoms with Crippen molar-refractivity contribution in [2.45, 2.75) is 19.4 Å². The third kappa shape index (κ3) is 5.06. The van der Waals surface area contributed by atoms with Crippen LogP contribution < -0.4 is 10.9 Å². The predicted octanol–water partition coefficient (Wildman–Crippen LogP) is 2.77. The Kier molecular flexibility index (Phi) is 6.03. The van der Waals surface area contributed by atoms with Gasteiger partial charge in [-0.3, -0.25) is 24.7 Å². The Bertz CT molecular complexity index is 1100. The van der Waals surface area contributed by atoms with E-state index in [1.165, 1.54) is 16.8 Å². The van der Waals surface area contributed by atoms with Crippen LogP contribution in [0.2, 0.25) is 0 Å². The number of hydrogen-bond acceptors (Lipinski definition) is 6. The number of rotatable bonds is 7. The maximum atomic E-state index is 13.3. The normalized spacial score (nSPS) is 10.5. The number of nitro groups is 1. The zero-order valence-corrected chi connectivity index (χ0v) is 15.1. The molecule has 0 aliphatic carbocycles. The smallest absolute Gasteiger partial charge is 0.306 e. The van der Waals surface area contributed by atoms with Gasteiger partial charge in [-0.05, 0) is 36.8 Å². The molecule has 9 nitrogen and oxygen atoms in total. The molecule has 1 aromatic carbocycles. The van der Waals surface area contributed by atoms with Crippen LogP contribution in [0.4, 0.5) is 15.8 Å². The predicted molar refractivity (Wildman–Crippen MR) is 103 cm³/mol. The third-order valence-corrected chi connectivity index (χ3v) is 4.04. The molecule has 3 aromatic rings. The fraction of sp³-hybridized carbons (Fsp3) is 0.158. The molecule has 0 radical (unpaired) electrons. The van der Waals surface area contributed by atoms with E-state index in [9.17, 15) is 24.1 Å². The third-order valence-electron chi connectivity index (χ3n) is 4.04. The molecular weight excluding hydrogens is 381 g/mol. The number of pyridine rings is 1. The molecule has 0 aliphatic heterocycles. The number of benzene rings is 1. The second kappa shape index (κ2) is 8.83. The Hall–Kier alpha value is -3.95. The standard InChI is InChI=1S/C19H16FN5O4/c20-15-4-3-14(12-17(15)25(28)29)22-18(26)2-1-11-24-19(27)6-5-16(23-24)13-7-9-21-10-8-13/h3-10,12H,1-2,11H2,(H,22,26). The Labute approximate surface area is 164 Å². The van der Waals surface area contributed by atoms with Gasteiger partial charge in [-0.1, -0.05) is 0 Å². The highest BCUT2D eigenvalue weighted by atomic mass is 19.1. The average Bonchev–Trinajstić information content (AvgIpc) is 2.71. The summed E-state index contributed by atoms with van der Waals surface area (Å²) in [6.07, 6.45) is 3.62. The van der Waals surface area contributed by atoms with Gasteiger partial charge in [0.2, 0.25) is 11.7 Å². The van der Waals surface area contributed by atoms with Crippen LogP contribution in [-0.2, 0) is 11.3 Å². The summed E-state index contributed by atoms with van der Waals surface area (Å²) in [4.78, 5) is 37.9. The van der Waals surface area contributed by atoms with Gasteiger partial charge in [0.1, 0.15) is 0 Å². The average molecular weight is 397 g/mol. The largest absolute Gasteiger partial charge is 0.326 e. The number of carbonyl (C=O) groups excluding carboxylic acids is 1. The van der Waals surface area contributed by atoms with Crippen molar-refractivity contribution in [3.63, 3.8) is 0 Å². The molecule has 2 aromatic heterocycles. The summed E-state index contributed by atoms with van der Waals surface area (Å²) in [6, 6.07) is 9.67. The summed E-state index contributed by atoms with van der Waals surface area (Å²) >= 11 is 0. The van der Waals surface area contributed by atoms with E-state index in [1.807, 2.05) is 0 Å². The number of amides is 1. The molecule has 0 atom stereocenters. The van der Waals surface area contributed by atoms with Crippen LogP contribution in [0.25, 0.3) is 11.3 Å². The molecular formula is C19H16FN5O4. The maximum Gasteiger partial charge on any atom is 0.306 e. The summed E-state index contributed by atoms with van der Waals surface area (Å²) in [7, 11) is 0. The van der Waals surface area contributed by atoms with E-state index in [-0.39, 0.29) is 24.2 Å². The minimum atomic E-state index is -0.979. The second-order valence-corrected chi connectivity index (χ2v) is 6.09. The molecule has 10 heteroatoms. The first-order valence-electron chi connectivity index (χ1n) is 8.66. The summed E-state index contributed by atoms with van der Waals surface area (Å²) in [5, 5.41) is 17.5. The Balaban J connectivity index is 1.60. The van der Waals surface area contributed by atoms with Gasteiger partial charge in [0.05, 0.1) is 10.6 Å². The van der Waals surface area contributed by atoms with Gasteiger partial charge < -0.3 is 5.32 Å². The van der Waals surface area contributed by atoms with Crippen LogP contribution in [0.5, 0.6) is 0 Å². The van der Waals surface area contributed by atoms with Gasteiger partial charge in [0.15, 0.2) is 0 Å². The van der Waals surface area contributed by atoms with Crippen molar-refractivity contribution in [1.82, 2.24) is 14.8 Å². The number of nitrogens with zero attached hydrogens (tertiary/aromatic N) is 4. The van der Waals surface area contributed by atoms with Crippen molar-refractivity contribution in [3.8, 4) is 11.3 Å². The van der Waals surface area contributed by atoms with Crippen LogP contribution in [0.1, 0.15) is 12.8 Å². The highest BCUT2D eigenvalue weighted by Gasteiger charge is 2.15. The summed E-state index contributed by atoms with van der Waals surface area (Å²) in [6.45, 7) is 0.217. The number of nitrogens with one attached hydrogen (secondary N) is 1. The fourth-order valence-electron chi connectivity index (χ4n) is 2.63. The number of halogens is 1. The molecule has 2 heterocycles. The Morgan fingerprint density at radius 3 is 2.66 bits per heavy atom. The monoisotopic (exact) mass is 397 g/mol. The minimum absolute atomic E-state index is 0.0543. The molecule has 0 spiro atoms. The van der Waals surface area contributed by atoms with E-state index >= 15 is 0 Å². The topological polar surface area (TPSA) is 120 Å². The van der Waals surface area contributed by atoms with E-state index in [0.29, 0.717) is 12.1 Å². The number of carbonyl (C=O) groups is 1. The highest BCUT2D eigenvalue weighted by Crippen LogP contribution is 2.21. The van der Waals surface area contributed by atoms with E-state index in [2.05, 4.69) is 15.4 Å². The van der Waals surface area contributed by atoms with E-state index in [1.54, 1.807) is 30.6 Å². The summed E-state index contributed by atoms with van der Waals surface area (Å²) in [5.74, 6) is -1.39. The van der Waals surface area contributed by atoms with E-state index in [0.717, 1.165) is 17.7 Å². The van der Waals surface area contributed by atoms with Gasteiger partial charge in [0, 0.05) is 48.7 Å². The maximum absolute atomic E-state index is 13.3. The summed E-state index contributed by atoms with van der Waals surface area (Å²) < 4.78 is 14.6. The molecule has 1 amide bonds. The lowest BCUT2D eigenvalue weighted by Gasteiger charge is -2.08. The molecule has 0 fully saturated rings. The van der Waals surface area contributed by atoms with Crippen LogP contribution in [0.15, 0.2) is 59.7 Å². The van der Waals surface area contributed by atoms with Gasteiger partial charge in [-0.25, -0.2) is 4.68 Å². The van der Waals surface area contributed by atoms with E-state index < -0.39 is 22.3 Å². The molecule has 3 rings (SSSR count). The van der Waals surface area contributed by atoms with Crippen LogP contribution in [0, 0.1) is 15.9 Å². The van der Waals surface area contributed by atoms with Gasteiger partial charge in [-0.15, -0.1) is 0 Å². The summed E-state index contributed by atoms with van der Waals surface area (Å²) in [5.41, 5.74) is 0.529. The van der Waals surface area contributed by atoms with E-state index in [4.69, 9.17) is 0 Å². The minimum Gasteiger partial charge on any atom is -0.326 e. The number of nitro benzene ring substituents is 1. The van der Waals surface area contributed by atoms with Crippen LogP contribution in [0.3, 0.4) is 0 Å². The lowest BCUT2D eigenvalue weighted by Crippen LogP contribution is -2.23. The van der Waals surface area contributed by atoms with Gasteiger partial charge in [0.25, 0.3) is 5.56 Å². The van der Waals surface area contributed by atoms with Crippen molar-refractivity contribution in [2.75, 3.05) is 5.32 Å². The van der Waals surface area contributed by atoms with Crippen molar-refractivity contribution in [2.24, 2.45) is 0 Å². The molecule has 0 bridgehead atoms. The molecule has 0 saturated carbocycles. The lowest BCUT2D eigenvalue weighted by atomic mass is 10.2. The number of hydrogen-bond donors (Lipinski definition) is 1. The first kappa shape index (κ1) is 19.8. The SMILES string of the molecule is O=C(CCCn1nc(-c2ccncc2)ccc1=O)Nc1ccc(F)c([N+](=O)[O-])c1. The van der Waals surface area contributed by atoms with Crippen LogP contribution in [-0.4, -0.2) is 25.6 Å². The van der Waals surface area contributed by atoms with Crippen molar-refractivity contribution < 1.29 is 14.1 Å². The quantitative estimate of drug-likeness (QED) is 0.483. The van der Waals surface area contributed by atoms with Crippen molar-refractivity contribution >= 4 is 17.3 Å². The second-order valence-electron chi connectivity index (χ2n) is 6.09. The zero-order chi connectivity index (χ0) is 20.8. The van der Waals surface area contributed by atoms with Crippen molar-refractivity contribution in [3.05, 3.63) is 81.1 Å². The number of anilines is 1. The Morgan fingerprint density at radius 2 is 1.93 bits per heavy atom. The number of aromatic nitrogens is 3. The highest BCUT2D eigenvalue weighted by molar-refractivity contribution is 5.91. The van der Waals surface area contributed by atoms with Crippen LogP contribution >= 0.6 is 0 Å². The fourth-order valence-corrected chi connectivity index (χ4v) is 2.63. The Morgan fingerprint density at radius 1 is 1.17 bits per heavy atom. The van der Waals surface area contributed by atoms with Gasteiger partial charge >= 0.3 is 5.69 Å². The van der Waals surface area contributed by atoms with Gasteiger partial charge in [-0.2, -0.15) is 9.49 Å². The molecule has 148 valence electrons. The number of aryl methyl sites for hydroxylation is 1. The first-order valence-corrected chi connectivity index (χ1v) is 8.66. The molecule has 0 saturated heterocycles.